The van der Waals surface area contributed by atoms with Crippen molar-refractivity contribution >= 4 is 5.91 Å². The number of carbonyl (C=O) groups is 1. The second-order valence-electron chi connectivity index (χ2n) is 6.07. The van der Waals surface area contributed by atoms with E-state index >= 15 is 0 Å². The SMILES string of the molecule is CC1CCCC(C(=O)N2CC(CO)OCC2C)C1N. The van der Waals surface area contributed by atoms with Crippen molar-refractivity contribution in [3.8, 4) is 0 Å². The summed E-state index contributed by atoms with van der Waals surface area (Å²) in [6, 6.07) is 0.0311. The molecular formula is C14H26N2O3. The molecule has 1 heterocycles. The Bertz CT molecular complexity index is 324. The van der Waals surface area contributed by atoms with Gasteiger partial charge in [-0.3, -0.25) is 4.79 Å². The van der Waals surface area contributed by atoms with E-state index in [1.165, 1.54) is 0 Å². The first-order chi connectivity index (χ1) is 9.04. The molecule has 0 bridgehead atoms. The van der Waals surface area contributed by atoms with Gasteiger partial charge in [-0.1, -0.05) is 13.3 Å². The highest BCUT2D eigenvalue weighted by Gasteiger charge is 2.38. The highest BCUT2D eigenvalue weighted by atomic mass is 16.5. The molecule has 0 aromatic heterocycles. The Morgan fingerprint density at radius 2 is 2.16 bits per heavy atom. The van der Waals surface area contributed by atoms with Crippen LogP contribution in [0.3, 0.4) is 0 Å². The second kappa shape index (κ2) is 6.20. The van der Waals surface area contributed by atoms with Gasteiger partial charge in [0.25, 0.3) is 0 Å². The molecule has 2 rings (SSSR count). The van der Waals surface area contributed by atoms with E-state index in [-0.39, 0.29) is 36.6 Å². The van der Waals surface area contributed by atoms with Crippen LogP contribution in [0.15, 0.2) is 0 Å². The predicted octanol–water partition coefficient (Wildman–Crippen LogP) is 0.358. The summed E-state index contributed by atoms with van der Waals surface area (Å²) in [6.07, 6.45) is 2.83. The number of nitrogens with two attached hydrogens (primary N) is 1. The van der Waals surface area contributed by atoms with Crippen LogP contribution in [0.4, 0.5) is 0 Å². The molecule has 0 aromatic carbocycles. The minimum atomic E-state index is -0.252. The van der Waals surface area contributed by atoms with Gasteiger partial charge in [0.15, 0.2) is 0 Å². The normalized spacial score (nSPS) is 40.2. The van der Waals surface area contributed by atoms with Crippen molar-refractivity contribution in [1.82, 2.24) is 4.90 Å². The number of hydrogen-bond acceptors (Lipinski definition) is 4. The molecule has 0 radical (unpaired) electrons. The fourth-order valence-corrected chi connectivity index (χ4v) is 3.18. The molecule has 0 aromatic rings. The number of ether oxygens (including phenoxy) is 1. The highest BCUT2D eigenvalue weighted by molar-refractivity contribution is 5.80. The van der Waals surface area contributed by atoms with E-state index in [1.807, 2.05) is 11.8 Å². The van der Waals surface area contributed by atoms with Crippen LogP contribution in [0.2, 0.25) is 0 Å². The van der Waals surface area contributed by atoms with Crippen LogP contribution in [0.25, 0.3) is 0 Å². The summed E-state index contributed by atoms with van der Waals surface area (Å²) >= 11 is 0. The summed E-state index contributed by atoms with van der Waals surface area (Å²) in [5, 5.41) is 9.19. The van der Waals surface area contributed by atoms with Gasteiger partial charge in [0, 0.05) is 12.6 Å². The van der Waals surface area contributed by atoms with Gasteiger partial charge in [0.05, 0.1) is 31.3 Å². The zero-order valence-electron chi connectivity index (χ0n) is 11.9. The molecule has 1 aliphatic carbocycles. The zero-order chi connectivity index (χ0) is 14.0. The molecule has 0 spiro atoms. The van der Waals surface area contributed by atoms with Crippen molar-refractivity contribution in [1.29, 1.82) is 0 Å². The summed E-state index contributed by atoms with van der Waals surface area (Å²) in [5.41, 5.74) is 6.21. The standard InChI is InChI=1S/C14H26N2O3/c1-9-4-3-5-12(13(9)15)14(18)16-6-11(7-17)19-8-10(16)2/h9-13,17H,3-8,15H2,1-2H3. The summed E-state index contributed by atoms with van der Waals surface area (Å²) < 4.78 is 5.48. The third-order valence-electron chi connectivity index (χ3n) is 4.61. The Morgan fingerprint density at radius 1 is 1.42 bits per heavy atom. The molecule has 1 saturated heterocycles. The number of amides is 1. The van der Waals surface area contributed by atoms with Gasteiger partial charge in [0.1, 0.15) is 0 Å². The Kier molecular flexibility index (Phi) is 4.81. The van der Waals surface area contributed by atoms with Gasteiger partial charge < -0.3 is 20.5 Å². The van der Waals surface area contributed by atoms with E-state index in [0.717, 1.165) is 19.3 Å². The molecule has 2 aliphatic rings. The van der Waals surface area contributed by atoms with Crippen LogP contribution in [-0.4, -0.2) is 53.9 Å². The van der Waals surface area contributed by atoms with E-state index in [1.54, 1.807) is 0 Å². The summed E-state index contributed by atoms with van der Waals surface area (Å²) in [5.74, 6) is 0.490. The Balaban J connectivity index is 2.04. The molecule has 3 N–H and O–H groups in total. The smallest absolute Gasteiger partial charge is 0.227 e. The molecule has 1 amide bonds. The monoisotopic (exact) mass is 270 g/mol. The molecule has 5 unspecified atom stereocenters. The predicted molar refractivity (Wildman–Crippen MR) is 72.5 cm³/mol. The van der Waals surface area contributed by atoms with Crippen LogP contribution in [-0.2, 0) is 9.53 Å². The van der Waals surface area contributed by atoms with Crippen LogP contribution in [0.1, 0.15) is 33.1 Å². The largest absolute Gasteiger partial charge is 0.394 e. The lowest BCUT2D eigenvalue weighted by molar-refractivity contribution is -0.152. The van der Waals surface area contributed by atoms with E-state index < -0.39 is 0 Å². The maximum absolute atomic E-state index is 12.7. The van der Waals surface area contributed by atoms with Gasteiger partial charge in [-0.2, -0.15) is 0 Å². The second-order valence-corrected chi connectivity index (χ2v) is 6.07. The van der Waals surface area contributed by atoms with Crippen molar-refractivity contribution in [3.05, 3.63) is 0 Å². The molecular weight excluding hydrogens is 244 g/mol. The fourth-order valence-electron chi connectivity index (χ4n) is 3.18. The topological polar surface area (TPSA) is 75.8 Å². The van der Waals surface area contributed by atoms with Gasteiger partial charge in [-0.25, -0.2) is 0 Å². The maximum Gasteiger partial charge on any atom is 0.227 e. The fraction of sp³-hybridized carbons (Fsp3) is 0.929. The molecule has 19 heavy (non-hydrogen) atoms. The molecule has 1 aliphatic heterocycles. The summed E-state index contributed by atoms with van der Waals surface area (Å²) in [6.45, 7) is 5.05. The first-order valence-electron chi connectivity index (χ1n) is 7.33. The van der Waals surface area contributed by atoms with Gasteiger partial charge in [-0.05, 0) is 25.7 Å². The third-order valence-corrected chi connectivity index (χ3v) is 4.61. The molecule has 5 heteroatoms. The number of aliphatic hydroxyl groups is 1. The number of aliphatic hydroxyl groups excluding tert-OH is 1. The first kappa shape index (κ1) is 14.8. The molecule has 2 fully saturated rings. The van der Waals surface area contributed by atoms with Crippen LogP contribution in [0.5, 0.6) is 0 Å². The average Bonchev–Trinajstić information content (AvgIpc) is 2.42. The van der Waals surface area contributed by atoms with Crippen molar-refractivity contribution in [3.63, 3.8) is 0 Å². The van der Waals surface area contributed by atoms with Crippen LogP contribution in [0, 0.1) is 11.8 Å². The number of morpholine rings is 1. The Morgan fingerprint density at radius 3 is 2.84 bits per heavy atom. The molecule has 5 atom stereocenters. The van der Waals surface area contributed by atoms with E-state index in [9.17, 15) is 9.90 Å². The van der Waals surface area contributed by atoms with E-state index in [0.29, 0.717) is 19.1 Å². The van der Waals surface area contributed by atoms with Gasteiger partial charge >= 0.3 is 0 Å². The highest BCUT2D eigenvalue weighted by Crippen LogP contribution is 2.30. The first-order valence-corrected chi connectivity index (χ1v) is 7.33. The molecule has 5 nitrogen and oxygen atoms in total. The van der Waals surface area contributed by atoms with Crippen molar-refractivity contribution in [2.45, 2.75) is 51.3 Å². The number of carbonyl (C=O) groups excluding carboxylic acids is 1. The lowest BCUT2D eigenvalue weighted by Crippen LogP contribution is -2.57. The quantitative estimate of drug-likeness (QED) is 0.759. The number of nitrogens with zero attached hydrogens (tertiary/aromatic N) is 1. The Labute approximate surface area is 115 Å². The van der Waals surface area contributed by atoms with Crippen molar-refractivity contribution < 1.29 is 14.6 Å². The van der Waals surface area contributed by atoms with E-state index in [4.69, 9.17) is 10.5 Å². The number of rotatable bonds is 2. The van der Waals surface area contributed by atoms with Crippen LogP contribution >= 0.6 is 0 Å². The third kappa shape index (κ3) is 3.09. The summed E-state index contributed by atoms with van der Waals surface area (Å²) in [4.78, 5) is 14.5. The lowest BCUT2D eigenvalue weighted by Gasteiger charge is -2.42. The van der Waals surface area contributed by atoms with Gasteiger partial charge in [-0.15, -0.1) is 0 Å². The number of hydrogen-bond donors (Lipinski definition) is 2. The molecule has 1 saturated carbocycles. The van der Waals surface area contributed by atoms with Crippen LogP contribution < -0.4 is 5.73 Å². The lowest BCUT2D eigenvalue weighted by atomic mass is 9.77. The van der Waals surface area contributed by atoms with Crippen molar-refractivity contribution in [2.75, 3.05) is 19.8 Å². The maximum atomic E-state index is 12.7. The van der Waals surface area contributed by atoms with E-state index in [2.05, 4.69) is 6.92 Å². The minimum Gasteiger partial charge on any atom is -0.394 e. The Hall–Kier alpha value is -0.650. The van der Waals surface area contributed by atoms with Gasteiger partial charge in [0.2, 0.25) is 5.91 Å². The minimum absolute atomic E-state index is 0.0381. The van der Waals surface area contributed by atoms with Crippen molar-refractivity contribution in [2.24, 2.45) is 17.6 Å². The zero-order valence-corrected chi connectivity index (χ0v) is 11.9. The summed E-state index contributed by atoms with van der Waals surface area (Å²) in [7, 11) is 0. The average molecular weight is 270 g/mol. The molecule has 110 valence electrons.